The van der Waals surface area contributed by atoms with Crippen molar-refractivity contribution in [2.75, 3.05) is 18.5 Å². The van der Waals surface area contributed by atoms with Crippen molar-refractivity contribution in [2.24, 2.45) is 0 Å². The number of aliphatic hydroxyl groups is 1. The fraction of sp³-hybridized carbons (Fsp3) is 0.417. The van der Waals surface area contributed by atoms with Crippen LogP contribution in [0.1, 0.15) is 12.8 Å². The molecule has 0 aliphatic heterocycles. The van der Waals surface area contributed by atoms with Crippen LogP contribution in [0, 0.1) is 3.57 Å². The molecular formula is C12H15IN2O2. The summed E-state index contributed by atoms with van der Waals surface area (Å²) in [5.74, 6) is 0. The van der Waals surface area contributed by atoms with E-state index < -0.39 is 0 Å². The Bertz CT molecular complexity index is 407. The monoisotopic (exact) mass is 346 g/mol. The molecule has 1 saturated carbocycles. The van der Waals surface area contributed by atoms with Gasteiger partial charge in [-0.2, -0.15) is 0 Å². The third-order valence-electron chi connectivity index (χ3n) is 2.67. The number of anilines is 1. The van der Waals surface area contributed by atoms with Gasteiger partial charge in [-0.3, -0.25) is 0 Å². The number of halogens is 1. The van der Waals surface area contributed by atoms with E-state index >= 15 is 0 Å². The van der Waals surface area contributed by atoms with E-state index in [4.69, 9.17) is 5.11 Å². The summed E-state index contributed by atoms with van der Waals surface area (Å²) in [6, 6.07) is 7.86. The molecular weight excluding hydrogens is 331 g/mol. The first kappa shape index (κ1) is 12.6. The molecule has 1 aromatic carbocycles. The van der Waals surface area contributed by atoms with Crippen LogP contribution in [0.3, 0.4) is 0 Å². The molecule has 2 N–H and O–H groups in total. The molecule has 1 aromatic rings. The number of nitrogens with one attached hydrogen (secondary N) is 1. The third-order valence-corrected chi connectivity index (χ3v) is 3.34. The van der Waals surface area contributed by atoms with Crippen LogP contribution in [-0.4, -0.2) is 35.2 Å². The standard InChI is InChI=1S/C12H15IN2O2/c13-9-2-1-3-10(8-9)14-12(17)15(6-7-16)11-4-5-11/h1-3,8,11,16H,4-7H2,(H,14,17). The van der Waals surface area contributed by atoms with Gasteiger partial charge in [0, 0.05) is 21.8 Å². The molecule has 0 unspecified atom stereocenters. The lowest BCUT2D eigenvalue weighted by Gasteiger charge is -2.21. The Labute approximate surface area is 114 Å². The van der Waals surface area contributed by atoms with Crippen molar-refractivity contribution in [3.05, 3.63) is 27.8 Å². The van der Waals surface area contributed by atoms with E-state index in [1.54, 1.807) is 4.90 Å². The summed E-state index contributed by atoms with van der Waals surface area (Å²) < 4.78 is 1.08. The Morgan fingerprint density at radius 2 is 2.29 bits per heavy atom. The minimum atomic E-state index is -0.122. The molecule has 92 valence electrons. The van der Waals surface area contributed by atoms with Gasteiger partial charge in [0.2, 0.25) is 0 Å². The van der Waals surface area contributed by atoms with Crippen LogP contribution in [0.5, 0.6) is 0 Å². The summed E-state index contributed by atoms with van der Waals surface area (Å²) in [4.78, 5) is 13.7. The first-order chi connectivity index (χ1) is 8.20. The molecule has 0 atom stereocenters. The topological polar surface area (TPSA) is 52.6 Å². The number of urea groups is 1. The van der Waals surface area contributed by atoms with Gasteiger partial charge in [-0.15, -0.1) is 0 Å². The number of carbonyl (C=O) groups is 1. The summed E-state index contributed by atoms with van der Waals surface area (Å²) in [5, 5.41) is 11.8. The third kappa shape index (κ3) is 3.57. The Kier molecular flexibility index (Phi) is 4.22. The highest BCUT2D eigenvalue weighted by Crippen LogP contribution is 2.27. The van der Waals surface area contributed by atoms with Crippen molar-refractivity contribution in [3.8, 4) is 0 Å². The Morgan fingerprint density at radius 3 is 2.88 bits per heavy atom. The zero-order valence-corrected chi connectivity index (χ0v) is 11.6. The second-order valence-electron chi connectivity index (χ2n) is 4.09. The van der Waals surface area contributed by atoms with Crippen LogP contribution in [-0.2, 0) is 0 Å². The number of hydrogen-bond donors (Lipinski definition) is 2. The quantitative estimate of drug-likeness (QED) is 0.822. The molecule has 0 radical (unpaired) electrons. The van der Waals surface area contributed by atoms with Gasteiger partial charge in [0.05, 0.1) is 6.61 Å². The highest BCUT2D eigenvalue weighted by molar-refractivity contribution is 14.1. The molecule has 0 aromatic heterocycles. The van der Waals surface area contributed by atoms with Crippen molar-refractivity contribution in [2.45, 2.75) is 18.9 Å². The normalized spacial score (nSPS) is 14.5. The lowest BCUT2D eigenvalue weighted by atomic mass is 10.3. The van der Waals surface area contributed by atoms with Crippen molar-refractivity contribution in [1.82, 2.24) is 4.90 Å². The highest BCUT2D eigenvalue weighted by atomic mass is 127. The maximum Gasteiger partial charge on any atom is 0.322 e. The van der Waals surface area contributed by atoms with Gasteiger partial charge in [0.25, 0.3) is 0 Å². The van der Waals surface area contributed by atoms with E-state index in [0.29, 0.717) is 12.6 Å². The zero-order chi connectivity index (χ0) is 12.3. The van der Waals surface area contributed by atoms with Gasteiger partial charge < -0.3 is 15.3 Å². The van der Waals surface area contributed by atoms with Crippen molar-refractivity contribution >= 4 is 34.3 Å². The molecule has 17 heavy (non-hydrogen) atoms. The van der Waals surface area contributed by atoms with Crippen molar-refractivity contribution in [1.29, 1.82) is 0 Å². The van der Waals surface area contributed by atoms with E-state index in [-0.39, 0.29) is 12.6 Å². The summed E-state index contributed by atoms with van der Waals surface area (Å²) in [6.07, 6.45) is 2.08. The molecule has 1 aliphatic carbocycles. The van der Waals surface area contributed by atoms with Gasteiger partial charge in [0.15, 0.2) is 0 Å². The second kappa shape index (κ2) is 5.68. The maximum atomic E-state index is 12.0. The van der Waals surface area contributed by atoms with E-state index in [1.165, 1.54) is 0 Å². The Hall–Kier alpha value is -0.820. The summed E-state index contributed by atoms with van der Waals surface area (Å²) >= 11 is 2.21. The largest absolute Gasteiger partial charge is 0.395 e. The average molecular weight is 346 g/mol. The highest BCUT2D eigenvalue weighted by Gasteiger charge is 2.32. The van der Waals surface area contributed by atoms with E-state index in [9.17, 15) is 4.79 Å². The maximum absolute atomic E-state index is 12.0. The lowest BCUT2D eigenvalue weighted by Crippen LogP contribution is -2.38. The molecule has 0 heterocycles. The van der Waals surface area contributed by atoms with Crippen LogP contribution in [0.2, 0.25) is 0 Å². The minimum absolute atomic E-state index is 0.0102. The van der Waals surface area contributed by atoms with E-state index in [1.807, 2.05) is 24.3 Å². The van der Waals surface area contributed by atoms with Crippen molar-refractivity contribution in [3.63, 3.8) is 0 Å². The Morgan fingerprint density at radius 1 is 1.53 bits per heavy atom. The van der Waals surface area contributed by atoms with Gasteiger partial charge in [0.1, 0.15) is 0 Å². The van der Waals surface area contributed by atoms with Crippen LogP contribution in [0.25, 0.3) is 0 Å². The fourth-order valence-corrected chi connectivity index (χ4v) is 2.25. The number of nitrogens with zero attached hydrogens (tertiary/aromatic N) is 1. The molecule has 5 heteroatoms. The molecule has 1 fully saturated rings. The summed E-state index contributed by atoms with van der Waals surface area (Å²) in [5.41, 5.74) is 0.797. The SMILES string of the molecule is O=C(Nc1cccc(I)c1)N(CCO)C1CC1. The van der Waals surface area contributed by atoms with Crippen LogP contribution in [0.4, 0.5) is 10.5 Å². The van der Waals surface area contributed by atoms with Gasteiger partial charge in [-0.1, -0.05) is 6.07 Å². The van der Waals surface area contributed by atoms with Crippen LogP contribution >= 0.6 is 22.6 Å². The molecule has 1 aliphatic rings. The molecule has 0 saturated heterocycles. The predicted octanol–water partition coefficient (Wildman–Crippen LogP) is 2.28. The number of hydrogen-bond acceptors (Lipinski definition) is 2. The number of benzene rings is 1. The molecule has 0 bridgehead atoms. The van der Waals surface area contributed by atoms with Crippen molar-refractivity contribution < 1.29 is 9.90 Å². The Balaban J connectivity index is 1.99. The summed E-state index contributed by atoms with van der Waals surface area (Å²) in [7, 11) is 0. The zero-order valence-electron chi connectivity index (χ0n) is 9.40. The molecule has 4 nitrogen and oxygen atoms in total. The van der Waals surface area contributed by atoms with Gasteiger partial charge in [-0.05, 0) is 53.6 Å². The number of rotatable bonds is 4. The fourth-order valence-electron chi connectivity index (χ4n) is 1.71. The average Bonchev–Trinajstić information content (AvgIpc) is 3.09. The van der Waals surface area contributed by atoms with Gasteiger partial charge in [-0.25, -0.2) is 4.79 Å². The molecule has 2 amide bonds. The molecule has 0 spiro atoms. The predicted molar refractivity (Wildman–Crippen MR) is 75.0 cm³/mol. The summed E-state index contributed by atoms with van der Waals surface area (Å²) in [6.45, 7) is 0.413. The minimum Gasteiger partial charge on any atom is -0.395 e. The first-order valence-corrected chi connectivity index (χ1v) is 6.72. The number of aliphatic hydroxyl groups excluding tert-OH is 1. The second-order valence-corrected chi connectivity index (χ2v) is 5.33. The smallest absolute Gasteiger partial charge is 0.322 e. The van der Waals surface area contributed by atoms with Crippen LogP contribution in [0.15, 0.2) is 24.3 Å². The van der Waals surface area contributed by atoms with E-state index in [0.717, 1.165) is 22.1 Å². The molecule has 2 rings (SSSR count). The first-order valence-electron chi connectivity index (χ1n) is 5.65. The lowest BCUT2D eigenvalue weighted by molar-refractivity contribution is 0.185. The number of amides is 2. The van der Waals surface area contributed by atoms with E-state index in [2.05, 4.69) is 27.9 Å². The number of carbonyl (C=O) groups excluding carboxylic acids is 1. The van der Waals surface area contributed by atoms with Gasteiger partial charge >= 0.3 is 6.03 Å². The van der Waals surface area contributed by atoms with Crippen LogP contribution < -0.4 is 5.32 Å².